The molecule has 6 nitrogen and oxygen atoms in total. The fourth-order valence-corrected chi connectivity index (χ4v) is 3.96. The van der Waals surface area contributed by atoms with Gasteiger partial charge in [-0.25, -0.2) is 9.67 Å². The third kappa shape index (κ3) is 5.51. The SMILES string of the molecule is Cc1ccc(OCc2csc(C(=O)Nc3ncn(Cc4cccc(Cl)c4)n3)c2)cc1C. The van der Waals surface area contributed by atoms with Crippen molar-refractivity contribution in [1.29, 1.82) is 0 Å². The zero-order valence-corrected chi connectivity index (χ0v) is 18.7. The average molecular weight is 453 g/mol. The number of thiophene rings is 1. The molecule has 0 aliphatic carbocycles. The lowest BCUT2D eigenvalue weighted by atomic mass is 10.1. The van der Waals surface area contributed by atoms with Gasteiger partial charge in [-0.15, -0.1) is 16.4 Å². The normalized spacial score (nSPS) is 10.8. The fraction of sp³-hybridized carbons (Fsp3) is 0.174. The Labute approximate surface area is 189 Å². The van der Waals surface area contributed by atoms with Crippen LogP contribution in [0.25, 0.3) is 0 Å². The predicted octanol–water partition coefficient (Wildman–Crippen LogP) is 5.49. The summed E-state index contributed by atoms with van der Waals surface area (Å²) in [4.78, 5) is 17.3. The third-order valence-electron chi connectivity index (χ3n) is 4.76. The molecule has 0 spiro atoms. The lowest BCUT2D eigenvalue weighted by Gasteiger charge is -2.07. The summed E-state index contributed by atoms with van der Waals surface area (Å²) < 4.78 is 7.50. The summed E-state index contributed by atoms with van der Waals surface area (Å²) in [5.41, 5.74) is 4.35. The highest BCUT2D eigenvalue weighted by molar-refractivity contribution is 7.12. The number of hydrogen-bond acceptors (Lipinski definition) is 5. The maximum atomic E-state index is 12.5. The van der Waals surface area contributed by atoms with E-state index in [1.165, 1.54) is 22.5 Å². The van der Waals surface area contributed by atoms with Gasteiger partial charge in [-0.3, -0.25) is 10.1 Å². The molecular weight excluding hydrogens is 432 g/mol. The van der Waals surface area contributed by atoms with Gasteiger partial charge in [-0.2, -0.15) is 0 Å². The highest BCUT2D eigenvalue weighted by Gasteiger charge is 2.12. The van der Waals surface area contributed by atoms with E-state index in [2.05, 4.69) is 29.2 Å². The number of nitrogens with one attached hydrogen (secondary N) is 1. The van der Waals surface area contributed by atoms with Crippen LogP contribution in [0.5, 0.6) is 5.75 Å². The molecule has 0 bridgehead atoms. The highest BCUT2D eigenvalue weighted by Crippen LogP contribution is 2.21. The molecule has 31 heavy (non-hydrogen) atoms. The number of hydrogen-bond donors (Lipinski definition) is 1. The Morgan fingerprint density at radius 3 is 2.81 bits per heavy atom. The second-order valence-corrected chi connectivity index (χ2v) is 8.55. The number of benzene rings is 2. The molecule has 0 saturated carbocycles. The molecule has 0 aliphatic heterocycles. The Hall–Kier alpha value is -3.16. The van der Waals surface area contributed by atoms with Crippen LogP contribution in [0, 0.1) is 13.8 Å². The van der Waals surface area contributed by atoms with Gasteiger partial charge in [0.25, 0.3) is 5.91 Å². The number of carbonyl (C=O) groups is 1. The van der Waals surface area contributed by atoms with E-state index in [0.717, 1.165) is 16.9 Å². The minimum absolute atomic E-state index is 0.247. The van der Waals surface area contributed by atoms with Crippen LogP contribution in [-0.2, 0) is 13.2 Å². The van der Waals surface area contributed by atoms with E-state index in [0.29, 0.717) is 23.1 Å². The molecule has 1 amide bonds. The van der Waals surface area contributed by atoms with Gasteiger partial charge in [0.05, 0.1) is 11.4 Å². The minimum Gasteiger partial charge on any atom is -0.489 e. The number of halogens is 1. The molecule has 2 heterocycles. The van der Waals surface area contributed by atoms with Crippen LogP contribution in [0.2, 0.25) is 5.02 Å². The van der Waals surface area contributed by atoms with Crippen molar-refractivity contribution in [1.82, 2.24) is 14.8 Å². The minimum atomic E-state index is -0.247. The first-order valence-corrected chi connectivity index (χ1v) is 10.9. The van der Waals surface area contributed by atoms with Crippen LogP contribution in [0.15, 0.2) is 60.2 Å². The van der Waals surface area contributed by atoms with Gasteiger partial charge >= 0.3 is 0 Å². The number of rotatable bonds is 7. The second kappa shape index (κ2) is 9.32. The number of carbonyl (C=O) groups excluding carboxylic acids is 1. The topological polar surface area (TPSA) is 69.0 Å². The largest absolute Gasteiger partial charge is 0.489 e. The van der Waals surface area contributed by atoms with Crippen LogP contribution in [0.4, 0.5) is 5.95 Å². The Kier molecular flexibility index (Phi) is 6.34. The molecule has 2 aromatic carbocycles. The predicted molar refractivity (Wildman–Crippen MR) is 123 cm³/mol. The zero-order valence-electron chi connectivity index (χ0n) is 17.1. The third-order valence-corrected chi connectivity index (χ3v) is 5.97. The van der Waals surface area contributed by atoms with E-state index in [4.69, 9.17) is 16.3 Å². The Bertz CT molecular complexity index is 1220. The lowest BCUT2D eigenvalue weighted by Crippen LogP contribution is -2.12. The van der Waals surface area contributed by atoms with Crippen molar-refractivity contribution in [2.75, 3.05) is 5.32 Å². The van der Waals surface area contributed by atoms with Gasteiger partial charge in [0.15, 0.2) is 0 Å². The first kappa shape index (κ1) is 21.1. The highest BCUT2D eigenvalue weighted by atomic mass is 35.5. The summed E-state index contributed by atoms with van der Waals surface area (Å²) >= 11 is 7.37. The number of nitrogens with zero attached hydrogens (tertiary/aromatic N) is 3. The summed E-state index contributed by atoms with van der Waals surface area (Å²) in [7, 11) is 0. The monoisotopic (exact) mass is 452 g/mol. The van der Waals surface area contributed by atoms with Gasteiger partial charge in [0.2, 0.25) is 5.95 Å². The smallest absolute Gasteiger partial charge is 0.268 e. The van der Waals surface area contributed by atoms with Gasteiger partial charge in [-0.05, 0) is 66.2 Å². The van der Waals surface area contributed by atoms with Crippen LogP contribution in [-0.4, -0.2) is 20.7 Å². The molecule has 0 aliphatic rings. The van der Waals surface area contributed by atoms with Gasteiger partial charge in [0.1, 0.15) is 18.7 Å². The van der Waals surface area contributed by atoms with Crippen LogP contribution in [0.3, 0.4) is 0 Å². The molecule has 0 unspecified atom stereocenters. The Morgan fingerprint density at radius 2 is 2.00 bits per heavy atom. The number of anilines is 1. The summed E-state index contributed by atoms with van der Waals surface area (Å²) in [5, 5.41) is 9.63. The molecule has 0 fully saturated rings. The van der Waals surface area contributed by atoms with Crippen molar-refractivity contribution in [3.63, 3.8) is 0 Å². The van der Waals surface area contributed by atoms with Crippen molar-refractivity contribution in [3.8, 4) is 5.75 Å². The first-order valence-electron chi connectivity index (χ1n) is 9.69. The summed E-state index contributed by atoms with van der Waals surface area (Å²) in [6.07, 6.45) is 1.58. The van der Waals surface area contributed by atoms with E-state index in [1.54, 1.807) is 11.0 Å². The summed E-state index contributed by atoms with van der Waals surface area (Å²) in [5.74, 6) is 0.825. The van der Waals surface area contributed by atoms with Crippen molar-refractivity contribution >= 4 is 34.8 Å². The van der Waals surface area contributed by atoms with Crippen molar-refractivity contribution < 1.29 is 9.53 Å². The molecule has 8 heteroatoms. The van der Waals surface area contributed by atoms with Crippen molar-refractivity contribution in [2.24, 2.45) is 0 Å². The van der Waals surface area contributed by atoms with E-state index >= 15 is 0 Å². The molecule has 1 N–H and O–H groups in total. The van der Waals surface area contributed by atoms with E-state index in [9.17, 15) is 4.79 Å². The lowest BCUT2D eigenvalue weighted by molar-refractivity contribution is 0.102. The van der Waals surface area contributed by atoms with Crippen molar-refractivity contribution in [2.45, 2.75) is 27.0 Å². The van der Waals surface area contributed by atoms with Crippen LogP contribution < -0.4 is 10.1 Å². The van der Waals surface area contributed by atoms with Gasteiger partial charge in [0, 0.05) is 10.6 Å². The van der Waals surface area contributed by atoms with Gasteiger partial charge < -0.3 is 4.74 Å². The molecule has 0 saturated heterocycles. The van der Waals surface area contributed by atoms with Gasteiger partial charge in [-0.1, -0.05) is 29.8 Å². The number of aromatic nitrogens is 3. The number of aryl methyl sites for hydroxylation is 2. The molecule has 4 rings (SSSR count). The maximum absolute atomic E-state index is 12.5. The molecule has 0 radical (unpaired) electrons. The second-order valence-electron chi connectivity index (χ2n) is 7.20. The van der Waals surface area contributed by atoms with E-state index in [-0.39, 0.29) is 11.9 Å². The van der Waals surface area contributed by atoms with Crippen molar-refractivity contribution in [3.05, 3.63) is 92.4 Å². The molecular formula is C23H21ClN4O2S. The van der Waals surface area contributed by atoms with Crippen LogP contribution >= 0.6 is 22.9 Å². The Morgan fingerprint density at radius 1 is 1.13 bits per heavy atom. The number of amides is 1. The first-order chi connectivity index (χ1) is 15.0. The molecule has 2 aromatic heterocycles. The molecule has 158 valence electrons. The standard InChI is InChI=1S/C23H21ClN4O2S/c1-15-6-7-20(8-16(15)2)30-12-18-10-21(31-13-18)22(29)26-23-25-14-28(27-23)11-17-4-3-5-19(24)9-17/h3-10,13-14H,11-12H2,1-2H3,(H,26,27,29). The quantitative estimate of drug-likeness (QED) is 0.402. The molecule has 0 atom stereocenters. The summed E-state index contributed by atoms with van der Waals surface area (Å²) in [6.45, 7) is 5.04. The fourth-order valence-electron chi connectivity index (χ4n) is 2.95. The maximum Gasteiger partial charge on any atom is 0.268 e. The van der Waals surface area contributed by atoms with E-state index in [1.807, 2.05) is 53.9 Å². The summed E-state index contributed by atoms with van der Waals surface area (Å²) in [6, 6.07) is 15.4. The van der Waals surface area contributed by atoms with Crippen LogP contribution in [0.1, 0.15) is 31.9 Å². The van der Waals surface area contributed by atoms with E-state index < -0.39 is 0 Å². The zero-order chi connectivity index (χ0) is 21.8. The Balaban J connectivity index is 1.33. The number of ether oxygens (including phenoxy) is 1. The average Bonchev–Trinajstić information content (AvgIpc) is 3.38. The molecule has 4 aromatic rings.